The fraction of sp³-hybridized carbons (Fsp3) is 1.00. The lowest BCUT2D eigenvalue weighted by Crippen LogP contribution is -2.37. The first-order valence-electron chi connectivity index (χ1n) is 9.75. The van der Waals surface area contributed by atoms with Crippen molar-refractivity contribution in [3.63, 3.8) is 0 Å². The predicted molar refractivity (Wildman–Crippen MR) is 103 cm³/mol. The van der Waals surface area contributed by atoms with E-state index in [1.54, 1.807) is 0 Å². The van der Waals surface area contributed by atoms with Gasteiger partial charge in [0.15, 0.2) is 0 Å². The van der Waals surface area contributed by atoms with Gasteiger partial charge in [-0.1, -0.05) is 65.6 Å². The zero-order valence-electron chi connectivity index (χ0n) is 15.7. The maximum atomic E-state index is 7.31. The van der Waals surface area contributed by atoms with Crippen LogP contribution in [-0.4, -0.2) is 11.3 Å². The Balaban J connectivity index is 2.16. The molecule has 6 atom stereocenters. The van der Waals surface area contributed by atoms with Crippen molar-refractivity contribution < 1.29 is 0 Å². The molecule has 0 aromatic carbocycles. The molecule has 2 rings (SSSR count). The van der Waals surface area contributed by atoms with E-state index in [4.69, 9.17) is 11.2 Å². The normalized spacial score (nSPS) is 41.9. The van der Waals surface area contributed by atoms with E-state index in [2.05, 4.69) is 41.5 Å². The second-order valence-corrected chi connectivity index (χ2v) is 12.3. The first kappa shape index (κ1) is 19.1. The molecule has 0 saturated heterocycles. The van der Waals surface area contributed by atoms with Gasteiger partial charge >= 0.3 is 0 Å². The third-order valence-electron chi connectivity index (χ3n) is 6.61. The van der Waals surface area contributed by atoms with Crippen LogP contribution in [0.15, 0.2) is 0 Å². The Bertz CT molecular complexity index is 309. The minimum Gasteiger partial charge on any atom is -0.0958 e. The molecule has 6 unspecified atom stereocenters. The Kier molecular flexibility index (Phi) is 7.10. The van der Waals surface area contributed by atoms with Gasteiger partial charge in [-0.15, -0.1) is 0 Å². The fourth-order valence-electron chi connectivity index (χ4n) is 5.12. The molecule has 2 heteroatoms. The average Bonchev–Trinajstić information content (AvgIpc) is 2.45. The Morgan fingerprint density at radius 1 is 0.727 bits per heavy atom. The monoisotopic (exact) mass is 344 g/mol. The summed E-state index contributed by atoms with van der Waals surface area (Å²) in [6.45, 7) is 14.6. The van der Waals surface area contributed by atoms with Crippen molar-refractivity contribution in [3.8, 4) is 0 Å². The van der Waals surface area contributed by atoms with E-state index < -0.39 is 0 Å². The molecule has 2 fully saturated rings. The van der Waals surface area contributed by atoms with Gasteiger partial charge in [-0.05, 0) is 79.8 Å². The molecular weight excluding hydrogens is 307 g/mol. The second kappa shape index (κ2) is 8.20. The predicted octanol–water partition coefficient (Wildman–Crippen LogP) is 7.54. The van der Waals surface area contributed by atoms with E-state index >= 15 is 0 Å². The van der Waals surface area contributed by atoms with Crippen molar-refractivity contribution in [1.29, 1.82) is 0 Å². The van der Waals surface area contributed by atoms with E-state index in [0.29, 0.717) is 0 Å². The quantitative estimate of drug-likeness (QED) is 0.462. The molecule has 0 bridgehead atoms. The number of hydrogen-bond acceptors (Lipinski definition) is 0. The second-order valence-electron chi connectivity index (χ2n) is 9.13. The van der Waals surface area contributed by atoms with Gasteiger partial charge in [0.05, 0.1) is 0 Å². The molecule has 0 radical (unpaired) electrons. The van der Waals surface area contributed by atoms with Gasteiger partial charge < -0.3 is 0 Å². The molecule has 0 nitrogen and oxygen atoms in total. The fourth-order valence-corrected chi connectivity index (χ4v) is 9.80. The number of halogens is 1. The van der Waals surface area contributed by atoms with Gasteiger partial charge in [0, 0.05) is 0 Å². The zero-order chi connectivity index (χ0) is 16.4. The highest BCUT2D eigenvalue weighted by Gasteiger charge is 2.43. The van der Waals surface area contributed by atoms with Crippen molar-refractivity contribution in [2.75, 3.05) is 0 Å². The number of hydrogen-bond donors (Lipinski definition) is 0. The summed E-state index contributed by atoms with van der Waals surface area (Å²) in [7, 11) is -0.341. The molecular formula is C20H38ClP. The largest absolute Gasteiger partial charge is 0.0958 e. The molecule has 0 N–H and O–H groups in total. The molecule has 2 saturated carbocycles. The topological polar surface area (TPSA) is 0 Å². The van der Waals surface area contributed by atoms with Crippen LogP contribution in [0.25, 0.3) is 0 Å². The Hall–Kier alpha value is 0.720. The minimum absolute atomic E-state index is 0.341. The molecule has 0 spiro atoms. The van der Waals surface area contributed by atoms with Crippen LogP contribution < -0.4 is 0 Å². The molecule has 2 aliphatic rings. The maximum absolute atomic E-state index is 7.31. The van der Waals surface area contributed by atoms with Gasteiger partial charge in [-0.3, -0.25) is 0 Å². The zero-order valence-corrected chi connectivity index (χ0v) is 17.3. The van der Waals surface area contributed by atoms with Gasteiger partial charge in [0.1, 0.15) is 0 Å². The summed E-state index contributed by atoms with van der Waals surface area (Å²) in [5.74, 6) is 5.15. The van der Waals surface area contributed by atoms with Crippen molar-refractivity contribution in [1.82, 2.24) is 0 Å². The average molecular weight is 345 g/mol. The Morgan fingerprint density at radius 3 is 1.41 bits per heavy atom. The van der Waals surface area contributed by atoms with Gasteiger partial charge in [0.2, 0.25) is 0 Å². The summed E-state index contributed by atoms with van der Waals surface area (Å²) in [6.07, 6.45) is 8.48. The summed E-state index contributed by atoms with van der Waals surface area (Å²) >= 11 is 7.31. The summed E-state index contributed by atoms with van der Waals surface area (Å²) in [6, 6.07) is 0. The van der Waals surface area contributed by atoms with Crippen LogP contribution in [0.1, 0.15) is 80.1 Å². The molecule has 2 aliphatic carbocycles. The standard InChI is InChI=1S/C20H38ClP/c1-13(2)17-9-7-15(5)11-19(17)22(21)20-12-16(6)8-10-18(20)14(3)4/h13-20H,7-12H2,1-6H3. The van der Waals surface area contributed by atoms with Gasteiger partial charge in [-0.2, -0.15) is 0 Å². The first-order valence-corrected chi connectivity index (χ1v) is 12.1. The summed E-state index contributed by atoms with van der Waals surface area (Å²) in [4.78, 5) is 0. The van der Waals surface area contributed by atoms with Crippen LogP contribution >= 0.6 is 18.5 Å². The first-order chi connectivity index (χ1) is 10.3. The molecule has 0 amide bonds. The molecule has 0 heterocycles. The van der Waals surface area contributed by atoms with E-state index in [1.165, 1.54) is 38.5 Å². The van der Waals surface area contributed by atoms with Crippen LogP contribution in [0, 0.1) is 35.5 Å². The van der Waals surface area contributed by atoms with Crippen LogP contribution in [0.4, 0.5) is 0 Å². The minimum atomic E-state index is -0.341. The molecule has 0 aromatic heterocycles. The van der Waals surface area contributed by atoms with Gasteiger partial charge in [-0.25, -0.2) is 0 Å². The van der Waals surface area contributed by atoms with E-state index in [9.17, 15) is 0 Å². The third-order valence-corrected chi connectivity index (χ3v) is 10.6. The van der Waals surface area contributed by atoms with E-state index in [-0.39, 0.29) is 7.27 Å². The third kappa shape index (κ3) is 4.42. The highest BCUT2D eigenvalue weighted by atomic mass is 35.7. The molecule has 130 valence electrons. The smallest absolute Gasteiger partial charge is 0.00280 e. The van der Waals surface area contributed by atoms with Crippen molar-refractivity contribution >= 4 is 18.5 Å². The summed E-state index contributed by atoms with van der Waals surface area (Å²) in [5, 5.41) is 0. The SMILES string of the molecule is CC1CCC(C(C)C)C(P(Cl)C2CC(C)CCC2C(C)C)C1. The maximum Gasteiger partial charge on any atom is -0.00280 e. The van der Waals surface area contributed by atoms with Crippen molar-refractivity contribution in [2.24, 2.45) is 35.5 Å². The van der Waals surface area contributed by atoms with E-state index in [0.717, 1.165) is 46.8 Å². The van der Waals surface area contributed by atoms with Crippen LogP contribution in [0.2, 0.25) is 0 Å². The Labute approximate surface area is 145 Å². The van der Waals surface area contributed by atoms with Crippen molar-refractivity contribution in [2.45, 2.75) is 91.4 Å². The highest BCUT2D eigenvalue weighted by molar-refractivity contribution is 7.85. The van der Waals surface area contributed by atoms with Crippen LogP contribution in [0.5, 0.6) is 0 Å². The van der Waals surface area contributed by atoms with Gasteiger partial charge in [0.25, 0.3) is 0 Å². The summed E-state index contributed by atoms with van der Waals surface area (Å²) in [5.41, 5.74) is 1.63. The highest BCUT2D eigenvalue weighted by Crippen LogP contribution is 2.64. The van der Waals surface area contributed by atoms with E-state index in [1.807, 2.05) is 0 Å². The molecule has 22 heavy (non-hydrogen) atoms. The molecule has 0 aliphatic heterocycles. The number of rotatable bonds is 4. The Morgan fingerprint density at radius 2 is 1.09 bits per heavy atom. The molecule has 0 aromatic rings. The lowest BCUT2D eigenvalue weighted by Gasteiger charge is -2.47. The lowest BCUT2D eigenvalue weighted by atomic mass is 9.76. The summed E-state index contributed by atoms with van der Waals surface area (Å²) < 4.78 is 0. The van der Waals surface area contributed by atoms with Crippen LogP contribution in [-0.2, 0) is 0 Å². The van der Waals surface area contributed by atoms with Crippen LogP contribution in [0.3, 0.4) is 0 Å². The lowest BCUT2D eigenvalue weighted by molar-refractivity contribution is 0.225. The van der Waals surface area contributed by atoms with Crippen molar-refractivity contribution in [3.05, 3.63) is 0 Å².